The minimum atomic E-state index is -3.27. The van der Waals surface area contributed by atoms with Gasteiger partial charge < -0.3 is 5.32 Å². The molecule has 4 aromatic rings. The first-order valence-electron chi connectivity index (χ1n) is 10.1. The Morgan fingerprint density at radius 1 is 0.875 bits per heavy atom. The van der Waals surface area contributed by atoms with Gasteiger partial charge in [0.05, 0.1) is 16.6 Å². The van der Waals surface area contributed by atoms with Crippen molar-refractivity contribution in [3.63, 3.8) is 0 Å². The SMILES string of the molecule is CC(NC(=O)c1sc(-c2ccccc2)nc1-c1ccccc1)c1ccc(S(C)(=O)=O)cc1. The maximum atomic E-state index is 13.3. The van der Waals surface area contributed by atoms with E-state index in [-0.39, 0.29) is 16.8 Å². The van der Waals surface area contributed by atoms with Gasteiger partial charge in [0.25, 0.3) is 5.91 Å². The van der Waals surface area contributed by atoms with Gasteiger partial charge in [-0.05, 0) is 24.6 Å². The third-order valence-electron chi connectivity index (χ3n) is 5.06. The number of carbonyl (C=O) groups excluding carboxylic acids is 1. The summed E-state index contributed by atoms with van der Waals surface area (Å²) < 4.78 is 23.4. The standard InChI is InChI=1S/C25H22N2O3S2/c1-17(18-13-15-21(16-14-18)32(2,29)30)26-24(28)23-22(19-9-5-3-6-10-19)27-25(31-23)20-11-7-4-8-12-20/h3-17H,1-2H3,(H,26,28). The van der Waals surface area contributed by atoms with Crippen molar-refractivity contribution in [2.24, 2.45) is 0 Å². The van der Waals surface area contributed by atoms with Crippen molar-refractivity contribution in [1.29, 1.82) is 0 Å². The van der Waals surface area contributed by atoms with Gasteiger partial charge in [-0.1, -0.05) is 72.8 Å². The molecule has 3 aromatic carbocycles. The molecule has 162 valence electrons. The molecule has 0 fully saturated rings. The van der Waals surface area contributed by atoms with Gasteiger partial charge in [-0.15, -0.1) is 11.3 Å². The van der Waals surface area contributed by atoms with E-state index in [2.05, 4.69) is 5.32 Å². The zero-order valence-electron chi connectivity index (χ0n) is 17.6. The maximum absolute atomic E-state index is 13.3. The lowest BCUT2D eigenvalue weighted by Crippen LogP contribution is -2.26. The highest BCUT2D eigenvalue weighted by Crippen LogP contribution is 2.34. The molecule has 0 spiro atoms. The summed E-state index contributed by atoms with van der Waals surface area (Å²) in [5.74, 6) is -0.219. The Morgan fingerprint density at radius 3 is 2.00 bits per heavy atom. The van der Waals surface area contributed by atoms with Crippen molar-refractivity contribution < 1.29 is 13.2 Å². The quantitative estimate of drug-likeness (QED) is 0.418. The number of nitrogens with zero attached hydrogens (tertiary/aromatic N) is 1. The topological polar surface area (TPSA) is 76.1 Å². The number of sulfone groups is 1. The highest BCUT2D eigenvalue weighted by atomic mass is 32.2. The van der Waals surface area contributed by atoms with Gasteiger partial charge in [-0.25, -0.2) is 13.4 Å². The van der Waals surface area contributed by atoms with Crippen LogP contribution in [0.25, 0.3) is 21.8 Å². The van der Waals surface area contributed by atoms with Crippen LogP contribution in [0.1, 0.15) is 28.2 Å². The van der Waals surface area contributed by atoms with Gasteiger partial charge in [0.1, 0.15) is 9.88 Å². The first-order chi connectivity index (χ1) is 15.3. The molecule has 5 nitrogen and oxygen atoms in total. The molecule has 1 heterocycles. The van der Waals surface area contributed by atoms with E-state index in [9.17, 15) is 13.2 Å². The Hall–Kier alpha value is -3.29. The van der Waals surface area contributed by atoms with Crippen LogP contribution < -0.4 is 5.32 Å². The van der Waals surface area contributed by atoms with Crippen LogP contribution in [0.2, 0.25) is 0 Å². The van der Waals surface area contributed by atoms with Gasteiger partial charge in [0, 0.05) is 17.4 Å². The molecule has 1 amide bonds. The molecular weight excluding hydrogens is 440 g/mol. The molecule has 0 saturated heterocycles. The summed E-state index contributed by atoms with van der Waals surface area (Å²) in [4.78, 5) is 18.8. The fraction of sp³-hybridized carbons (Fsp3) is 0.120. The van der Waals surface area contributed by atoms with E-state index in [1.807, 2.05) is 67.6 Å². The summed E-state index contributed by atoms with van der Waals surface area (Å²) in [5, 5.41) is 3.81. The molecule has 4 rings (SSSR count). The number of benzene rings is 3. The molecule has 0 saturated carbocycles. The number of aromatic nitrogens is 1. The van der Waals surface area contributed by atoms with Gasteiger partial charge in [-0.3, -0.25) is 4.79 Å². The van der Waals surface area contributed by atoms with Gasteiger partial charge >= 0.3 is 0 Å². The lowest BCUT2D eigenvalue weighted by Gasteiger charge is -2.14. The van der Waals surface area contributed by atoms with Crippen LogP contribution >= 0.6 is 11.3 Å². The smallest absolute Gasteiger partial charge is 0.264 e. The maximum Gasteiger partial charge on any atom is 0.264 e. The van der Waals surface area contributed by atoms with E-state index in [4.69, 9.17) is 4.98 Å². The van der Waals surface area contributed by atoms with E-state index in [1.54, 1.807) is 24.3 Å². The Labute approximate surface area is 191 Å². The Morgan fingerprint density at radius 2 is 1.44 bits per heavy atom. The fourth-order valence-electron chi connectivity index (χ4n) is 3.32. The normalized spacial score (nSPS) is 12.3. The van der Waals surface area contributed by atoms with Crippen LogP contribution in [-0.4, -0.2) is 25.6 Å². The summed E-state index contributed by atoms with van der Waals surface area (Å²) in [6.45, 7) is 1.87. The number of rotatable bonds is 6. The predicted octanol–water partition coefficient (Wildman–Crippen LogP) is 5.37. The van der Waals surface area contributed by atoms with E-state index in [1.165, 1.54) is 17.6 Å². The molecule has 0 aliphatic carbocycles. The Balaban J connectivity index is 1.64. The summed E-state index contributed by atoms with van der Waals surface area (Å²) in [7, 11) is -3.27. The first kappa shape index (κ1) is 21.9. The van der Waals surface area contributed by atoms with Crippen LogP contribution in [-0.2, 0) is 9.84 Å². The monoisotopic (exact) mass is 462 g/mol. The molecule has 0 aliphatic heterocycles. The average molecular weight is 463 g/mol. The molecule has 32 heavy (non-hydrogen) atoms. The second kappa shape index (κ2) is 9.06. The highest BCUT2D eigenvalue weighted by Gasteiger charge is 2.22. The van der Waals surface area contributed by atoms with Crippen LogP contribution in [0.5, 0.6) is 0 Å². The minimum Gasteiger partial charge on any atom is -0.345 e. The van der Waals surface area contributed by atoms with Gasteiger partial charge in [0.2, 0.25) is 0 Å². The third kappa shape index (κ3) is 4.79. The Kier molecular flexibility index (Phi) is 6.21. The van der Waals surface area contributed by atoms with Crippen LogP contribution in [0, 0.1) is 0 Å². The second-order valence-corrected chi connectivity index (χ2v) is 10.5. The highest BCUT2D eigenvalue weighted by molar-refractivity contribution is 7.90. The van der Waals surface area contributed by atoms with Gasteiger partial charge in [0.15, 0.2) is 9.84 Å². The molecule has 0 bridgehead atoms. The lowest BCUT2D eigenvalue weighted by atomic mass is 10.1. The number of nitrogens with one attached hydrogen (secondary N) is 1. The second-order valence-electron chi connectivity index (χ2n) is 7.47. The predicted molar refractivity (Wildman–Crippen MR) is 128 cm³/mol. The van der Waals surface area contributed by atoms with Crippen LogP contribution in [0.3, 0.4) is 0 Å². The van der Waals surface area contributed by atoms with Crippen LogP contribution in [0.15, 0.2) is 89.8 Å². The van der Waals surface area contributed by atoms with E-state index < -0.39 is 9.84 Å². The largest absolute Gasteiger partial charge is 0.345 e. The fourth-order valence-corrected chi connectivity index (χ4v) is 4.95. The number of hydrogen-bond acceptors (Lipinski definition) is 5. The molecule has 0 aliphatic rings. The van der Waals surface area contributed by atoms with E-state index in [0.717, 1.165) is 21.7 Å². The molecule has 1 N–H and O–H groups in total. The van der Waals surface area contributed by atoms with E-state index >= 15 is 0 Å². The number of thiazole rings is 1. The number of amides is 1. The van der Waals surface area contributed by atoms with Crippen molar-refractivity contribution in [3.05, 3.63) is 95.4 Å². The molecular formula is C25H22N2O3S2. The lowest BCUT2D eigenvalue weighted by molar-refractivity contribution is 0.0944. The summed E-state index contributed by atoms with van der Waals surface area (Å²) in [5.41, 5.74) is 3.30. The molecule has 0 radical (unpaired) electrons. The van der Waals surface area contributed by atoms with Crippen molar-refractivity contribution in [3.8, 4) is 21.8 Å². The summed E-state index contributed by atoms with van der Waals surface area (Å²) in [6, 6.07) is 25.7. The number of carbonyl (C=O) groups is 1. The molecule has 1 atom stereocenters. The number of hydrogen-bond donors (Lipinski definition) is 1. The third-order valence-corrected chi connectivity index (χ3v) is 7.29. The zero-order chi connectivity index (χ0) is 22.7. The zero-order valence-corrected chi connectivity index (χ0v) is 19.3. The van der Waals surface area contributed by atoms with Crippen molar-refractivity contribution in [2.75, 3.05) is 6.26 Å². The van der Waals surface area contributed by atoms with Gasteiger partial charge in [-0.2, -0.15) is 0 Å². The van der Waals surface area contributed by atoms with Crippen molar-refractivity contribution in [2.45, 2.75) is 17.9 Å². The molecule has 1 aromatic heterocycles. The average Bonchev–Trinajstić information content (AvgIpc) is 3.25. The van der Waals surface area contributed by atoms with E-state index in [0.29, 0.717) is 10.6 Å². The Bertz CT molecular complexity index is 1330. The minimum absolute atomic E-state index is 0.219. The molecule has 7 heteroatoms. The van der Waals surface area contributed by atoms with Crippen molar-refractivity contribution >= 4 is 27.1 Å². The summed E-state index contributed by atoms with van der Waals surface area (Å²) >= 11 is 1.36. The molecule has 1 unspecified atom stereocenters. The van der Waals surface area contributed by atoms with Crippen molar-refractivity contribution in [1.82, 2.24) is 10.3 Å². The van der Waals surface area contributed by atoms with Crippen LogP contribution in [0.4, 0.5) is 0 Å². The summed E-state index contributed by atoms with van der Waals surface area (Å²) in [6.07, 6.45) is 1.17. The first-order valence-corrected chi connectivity index (χ1v) is 12.8.